The predicted octanol–water partition coefficient (Wildman–Crippen LogP) is 4.05. The fourth-order valence-corrected chi connectivity index (χ4v) is 3.99. The smallest absolute Gasteiger partial charge is 0.339 e. The average molecular weight is 467 g/mol. The molecule has 174 valence electrons. The number of carbonyl (C=O) groups excluding carboxylic acids is 3. The van der Waals surface area contributed by atoms with Crippen LogP contribution < -0.4 is 15.0 Å². The standard InChI is InChI=1S/C27H21N3O5/c1-34-18-12-10-17(11-13-18)23-14-20(19-6-2-3-7-21(19)28-23)27(33)35-16-26(32)30-15-25(31)29-22-8-4-5-9-24(22)30/h2-14H,15-16H2,1H3,(H,29,31). The second-order valence-corrected chi connectivity index (χ2v) is 7.92. The number of pyridine rings is 1. The van der Waals surface area contributed by atoms with Crippen LogP contribution in [0.4, 0.5) is 11.4 Å². The summed E-state index contributed by atoms with van der Waals surface area (Å²) < 4.78 is 10.6. The van der Waals surface area contributed by atoms with E-state index in [1.165, 1.54) is 4.90 Å². The number of anilines is 2. The van der Waals surface area contributed by atoms with E-state index in [0.29, 0.717) is 39.3 Å². The normalized spacial score (nSPS) is 12.6. The van der Waals surface area contributed by atoms with Gasteiger partial charge >= 0.3 is 5.97 Å². The molecule has 8 heteroatoms. The highest BCUT2D eigenvalue weighted by Crippen LogP contribution is 2.29. The van der Waals surface area contributed by atoms with E-state index in [2.05, 4.69) is 10.3 Å². The Labute approximate surface area is 201 Å². The zero-order chi connectivity index (χ0) is 24.4. The van der Waals surface area contributed by atoms with E-state index in [1.807, 2.05) is 42.5 Å². The molecular formula is C27H21N3O5. The third-order valence-electron chi connectivity index (χ3n) is 5.72. The van der Waals surface area contributed by atoms with Crippen molar-refractivity contribution < 1.29 is 23.9 Å². The first kappa shape index (κ1) is 22.1. The minimum Gasteiger partial charge on any atom is -0.497 e. The number of aromatic nitrogens is 1. The van der Waals surface area contributed by atoms with Gasteiger partial charge < -0.3 is 14.8 Å². The summed E-state index contributed by atoms with van der Waals surface area (Å²) in [6.45, 7) is -0.651. The van der Waals surface area contributed by atoms with Gasteiger partial charge in [0.1, 0.15) is 12.3 Å². The number of fused-ring (bicyclic) bond motifs is 2. The zero-order valence-corrected chi connectivity index (χ0v) is 18.9. The summed E-state index contributed by atoms with van der Waals surface area (Å²) in [5, 5.41) is 3.34. The molecule has 1 aliphatic heterocycles. The molecule has 0 saturated heterocycles. The molecule has 0 fully saturated rings. The molecule has 0 atom stereocenters. The van der Waals surface area contributed by atoms with E-state index < -0.39 is 18.5 Å². The van der Waals surface area contributed by atoms with Crippen molar-refractivity contribution in [1.82, 2.24) is 4.98 Å². The molecule has 0 aliphatic carbocycles. The summed E-state index contributed by atoms with van der Waals surface area (Å²) in [4.78, 5) is 44.0. The number of para-hydroxylation sites is 3. The minimum absolute atomic E-state index is 0.146. The fraction of sp³-hybridized carbons (Fsp3) is 0.111. The number of ether oxygens (including phenoxy) is 2. The first-order chi connectivity index (χ1) is 17.0. The number of hydrogen-bond acceptors (Lipinski definition) is 6. The summed E-state index contributed by atoms with van der Waals surface area (Å²) in [5.74, 6) is -0.746. The van der Waals surface area contributed by atoms with Crippen molar-refractivity contribution in [3.63, 3.8) is 0 Å². The molecule has 8 nitrogen and oxygen atoms in total. The number of methoxy groups -OCH3 is 1. The number of amides is 2. The van der Waals surface area contributed by atoms with E-state index in [0.717, 1.165) is 5.56 Å². The van der Waals surface area contributed by atoms with Crippen molar-refractivity contribution >= 4 is 40.1 Å². The summed E-state index contributed by atoms with van der Waals surface area (Å²) in [6, 6.07) is 23.2. The number of hydrogen-bond donors (Lipinski definition) is 1. The summed E-state index contributed by atoms with van der Waals surface area (Å²) >= 11 is 0. The van der Waals surface area contributed by atoms with Crippen molar-refractivity contribution in [2.75, 3.05) is 30.5 Å². The number of carbonyl (C=O) groups is 3. The van der Waals surface area contributed by atoms with Gasteiger partial charge in [-0.2, -0.15) is 0 Å². The molecule has 0 unspecified atom stereocenters. The minimum atomic E-state index is -0.651. The molecule has 2 amide bonds. The van der Waals surface area contributed by atoms with Gasteiger partial charge in [-0.1, -0.05) is 30.3 Å². The largest absolute Gasteiger partial charge is 0.497 e. The van der Waals surface area contributed by atoms with Gasteiger partial charge in [0.05, 0.1) is 35.3 Å². The lowest BCUT2D eigenvalue weighted by Gasteiger charge is -2.28. The lowest BCUT2D eigenvalue weighted by atomic mass is 10.0. The van der Waals surface area contributed by atoms with Crippen molar-refractivity contribution in [1.29, 1.82) is 0 Å². The number of nitrogens with one attached hydrogen (secondary N) is 1. The molecule has 0 bridgehead atoms. The van der Waals surface area contributed by atoms with Gasteiger partial charge in [0.25, 0.3) is 5.91 Å². The molecule has 0 saturated carbocycles. The lowest BCUT2D eigenvalue weighted by molar-refractivity contribution is -0.124. The van der Waals surface area contributed by atoms with Gasteiger partial charge in [-0.05, 0) is 48.5 Å². The Morgan fingerprint density at radius 3 is 2.54 bits per heavy atom. The van der Waals surface area contributed by atoms with Crippen molar-refractivity contribution in [2.24, 2.45) is 0 Å². The van der Waals surface area contributed by atoms with Crippen molar-refractivity contribution in [2.45, 2.75) is 0 Å². The summed E-state index contributed by atoms with van der Waals surface area (Å²) in [6.07, 6.45) is 0. The number of esters is 1. The third kappa shape index (κ3) is 4.41. The maximum atomic E-state index is 13.1. The van der Waals surface area contributed by atoms with Gasteiger partial charge in [-0.25, -0.2) is 9.78 Å². The quantitative estimate of drug-likeness (QED) is 0.445. The predicted molar refractivity (Wildman–Crippen MR) is 131 cm³/mol. The Hall–Kier alpha value is -4.72. The molecule has 0 spiro atoms. The van der Waals surface area contributed by atoms with Crippen LogP contribution in [0.3, 0.4) is 0 Å². The first-order valence-electron chi connectivity index (χ1n) is 10.9. The van der Waals surface area contributed by atoms with Gasteiger partial charge in [0.15, 0.2) is 6.61 Å². The van der Waals surface area contributed by atoms with Crippen LogP contribution in [0.25, 0.3) is 22.2 Å². The number of benzene rings is 3. The molecule has 3 aromatic carbocycles. The summed E-state index contributed by atoms with van der Waals surface area (Å²) in [7, 11) is 1.59. The Kier molecular flexibility index (Phi) is 5.85. The van der Waals surface area contributed by atoms with E-state index in [9.17, 15) is 14.4 Å². The molecule has 5 rings (SSSR count). The van der Waals surface area contributed by atoms with Crippen LogP contribution in [0, 0.1) is 0 Å². The Morgan fingerprint density at radius 1 is 1.00 bits per heavy atom. The fourth-order valence-electron chi connectivity index (χ4n) is 3.99. The van der Waals surface area contributed by atoms with Gasteiger partial charge in [0.2, 0.25) is 5.91 Å². The van der Waals surface area contributed by atoms with E-state index in [1.54, 1.807) is 43.5 Å². The van der Waals surface area contributed by atoms with Gasteiger partial charge in [-0.15, -0.1) is 0 Å². The Balaban J connectivity index is 1.41. The van der Waals surface area contributed by atoms with E-state index >= 15 is 0 Å². The topological polar surface area (TPSA) is 97.8 Å². The first-order valence-corrected chi connectivity index (χ1v) is 10.9. The molecule has 0 radical (unpaired) electrons. The molecule has 1 aliphatic rings. The molecule has 1 aromatic heterocycles. The second-order valence-electron chi connectivity index (χ2n) is 7.92. The zero-order valence-electron chi connectivity index (χ0n) is 18.9. The van der Waals surface area contributed by atoms with Crippen LogP contribution in [0.1, 0.15) is 10.4 Å². The summed E-state index contributed by atoms with van der Waals surface area (Å²) in [5.41, 5.74) is 3.41. The highest BCUT2D eigenvalue weighted by Gasteiger charge is 2.27. The van der Waals surface area contributed by atoms with Gasteiger partial charge in [0, 0.05) is 10.9 Å². The monoisotopic (exact) mass is 467 g/mol. The van der Waals surface area contributed by atoms with Crippen LogP contribution in [-0.4, -0.2) is 43.0 Å². The molecule has 35 heavy (non-hydrogen) atoms. The highest BCUT2D eigenvalue weighted by atomic mass is 16.5. The van der Waals surface area contributed by atoms with Crippen molar-refractivity contribution in [3.8, 4) is 17.0 Å². The number of nitrogens with zero attached hydrogens (tertiary/aromatic N) is 2. The van der Waals surface area contributed by atoms with Crippen LogP contribution in [-0.2, 0) is 14.3 Å². The van der Waals surface area contributed by atoms with Crippen LogP contribution in [0.15, 0.2) is 78.9 Å². The molecule has 4 aromatic rings. The van der Waals surface area contributed by atoms with Crippen LogP contribution in [0.5, 0.6) is 5.75 Å². The maximum absolute atomic E-state index is 13.1. The van der Waals surface area contributed by atoms with Crippen LogP contribution >= 0.6 is 0 Å². The van der Waals surface area contributed by atoms with Crippen molar-refractivity contribution in [3.05, 3.63) is 84.4 Å². The lowest BCUT2D eigenvalue weighted by Crippen LogP contribution is -2.44. The Morgan fingerprint density at radius 2 is 1.74 bits per heavy atom. The van der Waals surface area contributed by atoms with Crippen LogP contribution in [0.2, 0.25) is 0 Å². The molecule has 1 N–H and O–H groups in total. The van der Waals surface area contributed by atoms with Gasteiger partial charge in [-0.3, -0.25) is 14.5 Å². The second kappa shape index (κ2) is 9.26. The van der Waals surface area contributed by atoms with E-state index in [4.69, 9.17) is 9.47 Å². The number of rotatable bonds is 5. The average Bonchev–Trinajstić information content (AvgIpc) is 2.90. The maximum Gasteiger partial charge on any atom is 0.339 e. The molecular weight excluding hydrogens is 446 g/mol. The highest BCUT2D eigenvalue weighted by molar-refractivity contribution is 6.11. The Bertz CT molecular complexity index is 1450. The van der Waals surface area contributed by atoms with E-state index in [-0.39, 0.29) is 12.5 Å². The third-order valence-corrected chi connectivity index (χ3v) is 5.72. The SMILES string of the molecule is COc1ccc(-c2cc(C(=O)OCC(=O)N3CC(=O)Nc4ccccc43)c3ccccc3n2)cc1. The molecule has 2 heterocycles.